The monoisotopic (exact) mass is 232 g/mol. The van der Waals surface area contributed by atoms with Crippen molar-refractivity contribution in [1.29, 1.82) is 0 Å². The highest BCUT2D eigenvalue weighted by Crippen LogP contribution is 2.20. The van der Waals surface area contributed by atoms with Crippen molar-refractivity contribution in [2.24, 2.45) is 0 Å². The minimum Gasteiger partial charge on any atom is -0.459 e. The SMILES string of the molecule is O=C(Nc1n[nH]c2c1CNCC2)c1ccco1. The van der Waals surface area contributed by atoms with Gasteiger partial charge in [0.2, 0.25) is 0 Å². The lowest BCUT2D eigenvalue weighted by Crippen LogP contribution is -2.24. The Bertz CT molecular complexity index is 530. The summed E-state index contributed by atoms with van der Waals surface area (Å²) in [5.74, 6) is 0.578. The largest absolute Gasteiger partial charge is 0.459 e. The normalized spacial score (nSPS) is 14.4. The van der Waals surface area contributed by atoms with E-state index in [1.807, 2.05) is 0 Å². The number of hydrogen-bond acceptors (Lipinski definition) is 4. The van der Waals surface area contributed by atoms with Crippen molar-refractivity contribution in [1.82, 2.24) is 15.5 Å². The molecule has 3 rings (SSSR count). The molecule has 88 valence electrons. The quantitative estimate of drug-likeness (QED) is 0.718. The summed E-state index contributed by atoms with van der Waals surface area (Å²) >= 11 is 0. The maximum atomic E-state index is 11.8. The van der Waals surface area contributed by atoms with E-state index < -0.39 is 0 Å². The first kappa shape index (κ1) is 10.1. The number of H-pyrrole nitrogens is 1. The second-order valence-corrected chi connectivity index (χ2v) is 3.89. The first-order chi connectivity index (χ1) is 8.34. The predicted octanol–water partition coefficient (Wildman–Crippen LogP) is 0.901. The van der Waals surface area contributed by atoms with Crippen LogP contribution in [0.3, 0.4) is 0 Å². The highest BCUT2D eigenvalue weighted by Gasteiger charge is 2.19. The molecule has 2 aromatic rings. The summed E-state index contributed by atoms with van der Waals surface area (Å²) in [4.78, 5) is 11.8. The van der Waals surface area contributed by atoms with E-state index in [4.69, 9.17) is 4.42 Å². The van der Waals surface area contributed by atoms with Gasteiger partial charge in [-0.25, -0.2) is 0 Å². The van der Waals surface area contributed by atoms with Crippen molar-refractivity contribution in [3.05, 3.63) is 35.4 Å². The number of aromatic nitrogens is 2. The maximum Gasteiger partial charge on any atom is 0.292 e. The fraction of sp³-hybridized carbons (Fsp3) is 0.273. The zero-order valence-corrected chi connectivity index (χ0v) is 9.12. The van der Waals surface area contributed by atoms with Gasteiger partial charge in [-0.3, -0.25) is 9.89 Å². The van der Waals surface area contributed by atoms with Crippen LogP contribution < -0.4 is 10.6 Å². The van der Waals surface area contributed by atoms with Gasteiger partial charge in [0.15, 0.2) is 11.6 Å². The summed E-state index contributed by atoms with van der Waals surface area (Å²) < 4.78 is 5.02. The minimum absolute atomic E-state index is 0.283. The first-order valence-electron chi connectivity index (χ1n) is 5.46. The van der Waals surface area contributed by atoms with Crippen molar-refractivity contribution in [3.63, 3.8) is 0 Å². The van der Waals surface area contributed by atoms with Crippen LogP contribution in [0.1, 0.15) is 21.8 Å². The van der Waals surface area contributed by atoms with Crippen LogP contribution in [0.25, 0.3) is 0 Å². The van der Waals surface area contributed by atoms with Crippen LogP contribution >= 0.6 is 0 Å². The van der Waals surface area contributed by atoms with Gasteiger partial charge in [-0.2, -0.15) is 5.10 Å². The molecule has 2 aromatic heterocycles. The van der Waals surface area contributed by atoms with Crippen molar-refractivity contribution in [2.75, 3.05) is 11.9 Å². The Labute approximate surface area is 97.4 Å². The highest BCUT2D eigenvalue weighted by atomic mass is 16.3. The van der Waals surface area contributed by atoms with E-state index in [0.29, 0.717) is 5.82 Å². The van der Waals surface area contributed by atoms with Gasteiger partial charge in [-0.1, -0.05) is 0 Å². The number of nitrogens with one attached hydrogen (secondary N) is 3. The van der Waals surface area contributed by atoms with Gasteiger partial charge < -0.3 is 15.1 Å². The van der Waals surface area contributed by atoms with E-state index in [0.717, 1.165) is 30.8 Å². The Hall–Kier alpha value is -2.08. The number of nitrogens with zero attached hydrogens (tertiary/aromatic N) is 1. The molecule has 17 heavy (non-hydrogen) atoms. The number of rotatable bonds is 2. The number of carbonyl (C=O) groups is 1. The van der Waals surface area contributed by atoms with Crippen molar-refractivity contribution >= 4 is 11.7 Å². The predicted molar refractivity (Wildman–Crippen MR) is 60.7 cm³/mol. The van der Waals surface area contributed by atoms with Crippen LogP contribution in [0.5, 0.6) is 0 Å². The van der Waals surface area contributed by atoms with Gasteiger partial charge >= 0.3 is 0 Å². The molecule has 6 heteroatoms. The third-order valence-electron chi connectivity index (χ3n) is 2.78. The third-order valence-corrected chi connectivity index (χ3v) is 2.78. The number of fused-ring (bicyclic) bond motifs is 1. The number of amides is 1. The fourth-order valence-electron chi connectivity index (χ4n) is 1.91. The molecule has 6 nitrogen and oxygen atoms in total. The first-order valence-corrected chi connectivity index (χ1v) is 5.46. The van der Waals surface area contributed by atoms with Crippen LogP contribution in [0.15, 0.2) is 22.8 Å². The molecule has 3 N–H and O–H groups in total. The van der Waals surface area contributed by atoms with Crippen molar-refractivity contribution in [2.45, 2.75) is 13.0 Å². The molecule has 0 saturated heterocycles. The zero-order chi connectivity index (χ0) is 11.7. The van der Waals surface area contributed by atoms with E-state index in [9.17, 15) is 4.79 Å². The van der Waals surface area contributed by atoms with Crippen LogP contribution in [-0.4, -0.2) is 22.6 Å². The summed E-state index contributed by atoms with van der Waals surface area (Å²) in [6, 6.07) is 3.29. The standard InChI is InChI=1S/C11H12N4O2/c16-11(9-2-1-5-17-9)13-10-7-6-12-4-3-8(7)14-15-10/h1-2,5,12H,3-4,6H2,(H2,13,14,15,16). The molecule has 1 amide bonds. The number of furan rings is 1. The highest BCUT2D eigenvalue weighted by molar-refractivity contribution is 6.02. The molecular formula is C11H12N4O2. The Morgan fingerprint density at radius 3 is 3.29 bits per heavy atom. The van der Waals surface area contributed by atoms with Crippen molar-refractivity contribution < 1.29 is 9.21 Å². The van der Waals surface area contributed by atoms with Gasteiger partial charge in [-0.15, -0.1) is 0 Å². The molecule has 3 heterocycles. The minimum atomic E-state index is -0.283. The number of aromatic amines is 1. The fourth-order valence-corrected chi connectivity index (χ4v) is 1.91. The molecule has 0 spiro atoms. The lowest BCUT2D eigenvalue weighted by atomic mass is 10.1. The molecule has 1 aliphatic heterocycles. The van der Waals surface area contributed by atoms with Crippen LogP contribution in [-0.2, 0) is 13.0 Å². The van der Waals surface area contributed by atoms with Crippen LogP contribution in [0, 0.1) is 0 Å². The van der Waals surface area contributed by atoms with Crippen LogP contribution in [0.4, 0.5) is 5.82 Å². The van der Waals surface area contributed by atoms with E-state index in [2.05, 4.69) is 20.8 Å². The molecule has 0 fully saturated rings. The summed E-state index contributed by atoms with van der Waals surface area (Å²) in [6.45, 7) is 1.65. The van der Waals surface area contributed by atoms with Crippen LogP contribution in [0.2, 0.25) is 0 Å². The van der Waals surface area contributed by atoms with Gasteiger partial charge in [0, 0.05) is 30.8 Å². The van der Waals surface area contributed by atoms with E-state index in [1.165, 1.54) is 6.26 Å². The summed E-state index contributed by atoms with van der Waals surface area (Å²) in [6.07, 6.45) is 2.37. The summed E-state index contributed by atoms with van der Waals surface area (Å²) in [7, 11) is 0. The third kappa shape index (κ3) is 1.83. The molecule has 1 aliphatic rings. The maximum absolute atomic E-state index is 11.8. The topological polar surface area (TPSA) is 83.0 Å². The van der Waals surface area contributed by atoms with Gasteiger partial charge in [-0.05, 0) is 12.1 Å². The van der Waals surface area contributed by atoms with Gasteiger partial charge in [0.25, 0.3) is 5.91 Å². The number of hydrogen-bond donors (Lipinski definition) is 3. The molecule has 0 atom stereocenters. The zero-order valence-electron chi connectivity index (χ0n) is 9.12. The van der Waals surface area contributed by atoms with E-state index >= 15 is 0 Å². The molecule has 0 aliphatic carbocycles. The summed E-state index contributed by atoms with van der Waals surface area (Å²) in [5.41, 5.74) is 2.11. The van der Waals surface area contributed by atoms with Crippen molar-refractivity contribution in [3.8, 4) is 0 Å². The number of carbonyl (C=O) groups excluding carboxylic acids is 1. The second kappa shape index (κ2) is 4.06. The molecule has 0 aromatic carbocycles. The molecule has 0 saturated carbocycles. The molecular weight excluding hydrogens is 220 g/mol. The molecule has 0 unspecified atom stereocenters. The summed E-state index contributed by atoms with van der Waals surface area (Å²) in [5, 5.41) is 13.0. The average Bonchev–Trinajstić information content (AvgIpc) is 2.98. The van der Waals surface area contributed by atoms with Gasteiger partial charge in [0.1, 0.15) is 0 Å². The van der Waals surface area contributed by atoms with Gasteiger partial charge in [0.05, 0.1) is 6.26 Å². The molecule has 0 radical (unpaired) electrons. The van der Waals surface area contributed by atoms with E-state index in [1.54, 1.807) is 12.1 Å². The lowest BCUT2D eigenvalue weighted by Gasteiger charge is -2.12. The Morgan fingerprint density at radius 2 is 2.47 bits per heavy atom. The second-order valence-electron chi connectivity index (χ2n) is 3.89. The Morgan fingerprint density at radius 1 is 1.53 bits per heavy atom. The smallest absolute Gasteiger partial charge is 0.292 e. The number of anilines is 1. The Kier molecular flexibility index (Phi) is 2.41. The van der Waals surface area contributed by atoms with E-state index in [-0.39, 0.29) is 11.7 Å². The average molecular weight is 232 g/mol. The lowest BCUT2D eigenvalue weighted by molar-refractivity contribution is 0.0996. The molecule has 0 bridgehead atoms. The Balaban J connectivity index is 1.81.